The normalized spacial score (nSPS) is 11.9. The Labute approximate surface area is 170 Å². The van der Waals surface area contributed by atoms with Gasteiger partial charge in [-0.25, -0.2) is 0 Å². The van der Waals surface area contributed by atoms with Crippen molar-refractivity contribution in [3.8, 4) is 0 Å². The van der Waals surface area contributed by atoms with Crippen LogP contribution in [-0.4, -0.2) is 16.8 Å². The van der Waals surface area contributed by atoms with Crippen LogP contribution in [0.1, 0.15) is 11.1 Å². The first-order valence-electron chi connectivity index (χ1n) is 8.55. The zero-order chi connectivity index (χ0) is 21.1. The minimum absolute atomic E-state index is 0.0823. The largest absolute Gasteiger partial charge is 0.319 e. The first kappa shape index (κ1) is 21.0. The van der Waals surface area contributed by atoms with E-state index in [9.17, 15) is 16.8 Å². The second kappa shape index (κ2) is 8.34. The predicted molar refractivity (Wildman–Crippen MR) is 108 cm³/mol. The number of rotatable bonds is 7. The Kier molecular flexibility index (Phi) is 6.04. The molecule has 0 saturated heterocycles. The van der Waals surface area contributed by atoms with E-state index in [4.69, 9.17) is 8.57 Å². The van der Waals surface area contributed by atoms with Gasteiger partial charge in [0.1, 0.15) is 0 Å². The van der Waals surface area contributed by atoms with Crippen LogP contribution in [0.15, 0.2) is 88.7 Å². The molecule has 0 aromatic heterocycles. The minimum atomic E-state index is -4.35. The van der Waals surface area contributed by atoms with E-state index in [1.54, 1.807) is 42.5 Å². The van der Waals surface area contributed by atoms with Crippen molar-refractivity contribution in [2.45, 2.75) is 23.6 Å². The molecule has 0 atom stereocenters. The SMILES string of the molecule is Cc1ccc(S(=O)(=O)ON(OS(=O)(=O)c2ccc(C)cc2)c2ccccc2)cc1. The van der Waals surface area contributed by atoms with Crippen molar-refractivity contribution in [2.75, 3.05) is 5.23 Å². The summed E-state index contributed by atoms with van der Waals surface area (Å²) in [5.74, 6) is 0. The van der Waals surface area contributed by atoms with Gasteiger partial charge < -0.3 is 0 Å². The number of hydrogen-bond donors (Lipinski definition) is 0. The summed E-state index contributed by atoms with van der Waals surface area (Å²) in [4.78, 5) is -0.277. The monoisotopic (exact) mass is 433 g/mol. The summed E-state index contributed by atoms with van der Waals surface area (Å²) in [5.41, 5.74) is 1.81. The third kappa shape index (κ3) is 5.21. The van der Waals surface area contributed by atoms with E-state index >= 15 is 0 Å². The van der Waals surface area contributed by atoms with Gasteiger partial charge in [-0.3, -0.25) is 0 Å². The van der Waals surface area contributed by atoms with Crippen molar-refractivity contribution in [3.05, 3.63) is 90.0 Å². The van der Waals surface area contributed by atoms with Crippen molar-refractivity contribution < 1.29 is 25.4 Å². The van der Waals surface area contributed by atoms with E-state index in [1.807, 2.05) is 13.8 Å². The fourth-order valence-electron chi connectivity index (χ4n) is 2.32. The van der Waals surface area contributed by atoms with Gasteiger partial charge >= 0.3 is 20.2 Å². The molecule has 3 aromatic rings. The summed E-state index contributed by atoms with van der Waals surface area (Å²) in [6.07, 6.45) is 0. The molecule has 0 aliphatic carbocycles. The molecule has 0 unspecified atom stereocenters. The van der Waals surface area contributed by atoms with Gasteiger partial charge in [-0.15, -0.1) is 8.57 Å². The Morgan fingerprint density at radius 2 is 0.966 bits per heavy atom. The van der Waals surface area contributed by atoms with Crippen molar-refractivity contribution in [1.29, 1.82) is 0 Å². The third-order valence-electron chi connectivity index (χ3n) is 3.92. The molecule has 3 rings (SSSR count). The molecule has 0 fully saturated rings. The van der Waals surface area contributed by atoms with Crippen molar-refractivity contribution >= 4 is 25.9 Å². The number of para-hydroxylation sites is 1. The fourth-order valence-corrected chi connectivity index (χ4v) is 4.06. The van der Waals surface area contributed by atoms with Gasteiger partial charge in [0.2, 0.25) is 0 Å². The molecule has 0 N–H and O–H groups in total. The first-order chi connectivity index (χ1) is 13.7. The maximum atomic E-state index is 12.7. The molecule has 0 aliphatic rings. The van der Waals surface area contributed by atoms with Crippen LogP contribution in [-0.2, 0) is 28.8 Å². The van der Waals surface area contributed by atoms with Crippen LogP contribution in [0.3, 0.4) is 0 Å². The Hall–Kier alpha value is -2.72. The summed E-state index contributed by atoms with van der Waals surface area (Å²) < 4.78 is 60.7. The molecule has 0 aliphatic heterocycles. The number of anilines is 1. The quantitative estimate of drug-likeness (QED) is 0.524. The highest BCUT2D eigenvalue weighted by atomic mass is 32.2. The molecule has 0 heterocycles. The number of hydrogen-bond acceptors (Lipinski definition) is 7. The summed E-state index contributed by atoms with van der Waals surface area (Å²) in [6.45, 7) is 3.62. The van der Waals surface area contributed by atoms with Gasteiger partial charge in [0, 0.05) is 0 Å². The summed E-state index contributed by atoms with van der Waals surface area (Å²) in [5, 5.41) is 0.379. The molecule has 9 heteroatoms. The molecule has 0 radical (unpaired) electrons. The maximum Gasteiger partial charge on any atom is 0.319 e. The summed E-state index contributed by atoms with van der Waals surface area (Å²) in [7, 11) is -8.70. The van der Waals surface area contributed by atoms with Crippen LogP contribution in [0.5, 0.6) is 0 Å². The highest BCUT2D eigenvalue weighted by molar-refractivity contribution is 7.87. The molecule has 7 nitrogen and oxygen atoms in total. The van der Waals surface area contributed by atoms with E-state index in [0.717, 1.165) is 11.1 Å². The molecule has 0 amide bonds. The van der Waals surface area contributed by atoms with Gasteiger partial charge in [0.15, 0.2) is 0 Å². The molecular weight excluding hydrogens is 414 g/mol. The van der Waals surface area contributed by atoms with E-state index in [0.29, 0.717) is 5.23 Å². The van der Waals surface area contributed by atoms with Crippen molar-refractivity contribution in [3.63, 3.8) is 0 Å². The van der Waals surface area contributed by atoms with E-state index in [-0.39, 0.29) is 15.5 Å². The highest BCUT2D eigenvalue weighted by Crippen LogP contribution is 2.24. The second-order valence-corrected chi connectivity index (χ2v) is 9.33. The lowest BCUT2D eigenvalue weighted by molar-refractivity contribution is 0.0854. The molecule has 0 bridgehead atoms. The number of benzene rings is 3. The van der Waals surface area contributed by atoms with Gasteiger partial charge in [-0.05, 0) is 50.2 Å². The average molecular weight is 434 g/mol. The van der Waals surface area contributed by atoms with Crippen LogP contribution in [0.2, 0.25) is 0 Å². The van der Waals surface area contributed by atoms with E-state index in [2.05, 4.69) is 0 Å². The van der Waals surface area contributed by atoms with Crippen molar-refractivity contribution in [1.82, 2.24) is 0 Å². The predicted octanol–water partition coefficient (Wildman–Crippen LogP) is 3.75. The molecule has 29 heavy (non-hydrogen) atoms. The Morgan fingerprint density at radius 1 is 0.586 bits per heavy atom. The minimum Gasteiger partial charge on any atom is -0.192 e. The Balaban J connectivity index is 1.95. The van der Waals surface area contributed by atoms with Crippen LogP contribution >= 0.6 is 0 Å². The van der Waals surface area contributed by atoms with Gasteiger partial charge in [0.25, 0.3) is 0 Å². The second-order valence-electron chi connectivity index (χ2n) is 6.28. The molecule has 0 spiro atoms. The van der Waals surface area contributed by atoms with Gasteiger partial charge in [-0.2, -0.15) is 16.8 Å². The smallest absolute Gasteiger partial charge is 0.192 e. The lowest BCUT2D eigenvalue weighted by atomic mass is 10.2. The van der Waals surface area contributed by atoms with Crippen LogP contribution in [0.4, 0.5) is 5.69 Å². The zero-order valence-electron chi connectivity index (χ0n) is 15.7. The molecule has 152 valence electrons. The van der Waals surface area contributed by atoms with Crippen LogP contribution in [0.25, 0.3) is 0 Å². The van der Waals surface area contributed by atoms with Gasteiger partial charge in [0.05, 0.1) is 15.5 Å². The maximum absolute atomic E-state index is 12.7. The summed E-state index contributed by atoms with van der Waals surface area (Å²) >= 11 is 0. The van der Waals surface area contributed by atoms with Crippen LogP contribution < -0.4 is 5.23 Å². The summed E-state index contributed by atoms with van der Waals surface area (Å²) in [6, 6.07) is 19.6. The van der Waals surface area contributed by atoms with Crippen molar-refractivity contribution in [2.24, 2.45) is 0 Å². The third-order valence-corrected chi connectivity index (χ3v) is 6.28. The topological polar surface area (TPSA) is 90.0 Å². The average Bonchev–Trinajstić information content (AvgIpc) is 2.68. The zero-order valence-corrected chi connectivity index (χ0v) is 17.4. The number of aryl methyl sites for hydroxylation is 2. The lowest BCUT2D eigenvalue weighted by Gasteiger charge is -2.21. The molecular formula is C20H19NO6S2. The standard InChI is InChI=1S/C20H19NO6S2/c1-16-8-12-19(13-9-16)28(22,23)26-21(18-6-4-3-5-7-18)27-29(24,25)20-14-10-17(2)11-15-20/h3-15H,1-2H3. The Morgan fingerprint density at radius 3 is 1.34 bits per heavy atom. The van der Waals surface area contributed by atoms with Gasteiger partial charge in [-0.1, -0.05) is 58.8 Å². The highest BCUT2D eigenvalue weighted by Gasteiger charge is 2.28. The van der Waals surface area contributed by atoms with E-state index < -0.39 is 20.2 Å². The Bertz CT molecular complexity index is 1100. The number of nitrogens with zero attached hydrogens (tertiary/aromatic N) is 1. The lowest BCUT2D eigenvalue weighted by Crippen LogP contribution is -2.30. The fraction of sp³-hybridized carbons (Fsp3) is 0.100. The molecule has 3 aromatic carbocycles. The first-order valence-corrected chi connectivity index (χ1v) is 11.4. The molecule has 0 saturated carbocycles. The van der Waals surface area contributed by atoms with E-state index in [1.165, 1.54) is 36.4 Å². The van der Waals surface area contributed by atoms with Crippen LogP contribution in [0, 0.1) is 13.8 Å².